The minimum absolute atomic E-state index is 0.0513. The van der Waals surface area contributed by atoms with E-state index in [4.69, 9.17) is 11.6 Å². The van der Waals surface area contributed by atoms with E-state index >= 15 is 0 Å². The van der Waals surface area contributed by atoms with Gasteiger partial charge in [-0.25, -0.2) is 9.97 Å². The monoisotopic (exact) mass is 428 g/mol. The number of hydrogen-bond acceptors (Lipinski definition) is 7. The summed E-state index contributed by atoms with van der Waals surface area (Å²) in [6.45, 7) is 5.84. The average molecular weight is 429 g/mol. The van der Waals surface area contributed by atoms with E-state index in [9.17, 15) is 14.9 Å². The van der Waals surface area contributed by atoms with E-state index < -0.39 is 4.92 Å². The number of non-ortho nitro benzene ring substituents is 1. The average Bonchev–Trinajstić information content (AvgIpc) is 2.73. The number of benzene rings is 2. The van der Waals surface area contributed by atoms with E-state index in [1.165, 1.54) is 18.5 Å². The Morgan fingerprint density at radius 1 is 1.17 bits per heavy atom. The van der Waals surface area contributed by atoms with Crippen molar-refractivity contribution in [2.45, 2.75) is 13.8 Å². The number of fused-ring (bicyclic) bond motifs is 1. The molecule has 10 heteroatoms. The van der Waals surface area contributed by atoms with E-state index in [0.717, 1.165) is 13.1 Å². The number of nitro benzene ring substituents is 1. The van der Waals surface area contributed by atoms with Gasteiger partial charge in [0.05, 0.1) is 27.7 Å². The highest BCUT2D eigenvalue weighted by atomic mass is 35.5. The fraction of sp³-hybridized carbons (Fsp3) is 0.250. The van der Waals surface area contributed by atoms with Crippen LogP contribution in [0, 0.1) is 10.1 Å². The van der Waals surface area contributed by atoms with Gasteiger partial charge >= 0.3 is 0 Å². The molecule has 2 N–H and O–H groups in total. The number of aromatic nitrogens is 2. The molecule has 0 atom stereocenters. The maximum atomic E-state index is 12.2. The van der Waals surface area contributed by atoms with E-state index in [2.05, 4.69) is 20.6 Å². The van der Waals surface area contributed by atoms with E-state index in [1.54, 1.807) is 24.3 Å². The first-order chi connectivity index (χ1) is 14.4. The van der Waals surface area contributed by atoms with Gasteiger partial charge < -0.3 is 10.6 Å². The zero-order chi connectivity index (χ0) is 21.7. The van der Waals surface area contributed by atoms with Crippen LogP contribution in [-0.2, 0) is 4.79 Å². The SMILES string of the molecule is CCN(CC)CC(=O)Nc1ccc(Nc2ncnc3ccc([N+](=O)[O-])cc23)cc1Cl. The molecule has 9 nitrogen and oxygen atoms in total. The summed E-state index contributed by atoms with van der Waals surface area (Å²) in [7, 11) is 0. The Morgan fingerprint density at radius 3 is 2.60 bits per heavy atom. The van der Waals surface area contributed by atoms with Crippen molar-refractivity contribution in [2.24, 2.45) is 0 Å². The molecule has 0 spiro atoms. The van der Waals surface area contributed by atoms with Crippen LogP contribution < -0.4 is 10.6 Å². The molecule has 2 aromatic carbocycles. The predicted molar refractivity (Wildman–Crippen MR) is 117 cm³/mol. The van der Waals surface area contributed by atoms with Crippen LogP contribution in [0.1, 0.15) is 13.8 Å². The fourth-order valence-corrected chi connectivity index (χ4v) is 3.16. The summed E-state index contributed by atoms with van der Waals surface area (Å²) in [6.07, 6.45) is 1.37. The normalized spacial score (nSPS) is 10.9. The highest BCUT2D eigenvalue weighted by molar-refractivity contribution is 6.34. The number of anilines is 3. The maximum absolute atomic E-state index is 12.2. The molecule has 0 unspecified atom stereocenters. The number of hydrogen-bond donors (Lipinski definition) is 2. The second-order valence-electron chi connectivity index (χ2n) is 6.51. The molecule has 0 bridgehead atoms. The molecule has 1 amide bonds. The minimum atomic E-state index is -0.469. The molecule has 3 aromatic rings. The zero-order valence-corrected chi connectivity index (χ0v) is 17.3. The van der Waals surface area contributed by atoms with Crippen LogP contribution in [0.5, 0.6) is 0 Å². The second-order valence-corrected chi connectivity index (χ2v) is 6.92. The third kappa shape index (κ3) is 5.00. The van der Waals surface area contributed by atoms with E-state index in [-0.39, 0.29) is 18.1 Å². The van der Waals surface area contributed by atoms with Crippen LogP contribution in [0.25, 0.3) is 10.9 Å². The Morgan fingerprint density at radius 2 is 1.93 bits per heavy atom. The summed E-state index contributed by atoms with van der Waals surface area (Å²) < 4.78 is 0. The van der Waals surface area contributed by atoms with Gasteiger partial charge in [-0.15, -0.1) is 0 Å². The number of rotatable bonds is 8. The van der Waals surface area contributed by atoms with Crippen LogP contribution >= 0.6 is 11.6 Å². The number of likely N-dealkylation sites (N-methyl/N-ethyl adjacent to an activating group) is 1. The lowest BCUT2D eigenvalue weighted by atomic mass is 10.2. The van der Waals surface area contributed by atoms with Gasteiger partial charge in [0, 0.05) is 23.2 Å². The molecule has 1 heterocycles. The largest absolute Gasteiger partial charge is 0.340 e. The number of amides is 1. The lowest BCUT2D eigenvalue weighted by Crippen LogP contribution is -2.32. The molecular formula is C20H21ClN6O3. The smallest absolute Gasteiger partial charge is 0.270 e. The molecule has 30 heavy (non-hydrogen) atoms. The van der Waals surface area contributed by atoms with Gasteiger partial charge in [-0.3, -0.25) is 19.8 Å². The number of carbonyl (C=O) groups excluding carboxylic acids is 1. The topological polar surface area (TPSA) is 113 Å². The Hall–Kier alpha value is -3.30. The van der Waals surface area contributed by atoms with Gasteiger partial charge in [-0.05, 0) is 37.4 Å². The summed E-state index contributed by atoms with van der Waals surface area (Å²) in [4.78, 5) is 33.1. The zero-order valence-electron chi connectivity index (χ0n) is 16.6. The van der Waals surface area contributed by atoms with Crippen molar-refractivity contribution >= 4 is 51.3 Å². The Bertz CT molecular complexity index is 1090. The Balaban J connectivity index is 1.80. The van der Waals surface area contributed by atoms with Crippen LogP contribution in [0.15, 0.2) is 42.7 Å². The number of halogens is 1. The first kappa shape index (κ1) is 21.4. The highest BCUT2D eigenvalue weighted by Crippen LogP contribution is 2.30. The van der Waals surface area contributed by atoms with Gasteiger partial charge in [-0.2, -0.15) is 0 Å². The van der Waals surface area contributed by atoms with Crippen molar-refractivity contribution in [3.8, 4) is 0 Å². The van der Waals surface area contributed by atoms with Gasteiger partial charge in [0.2, 0.25) is 5.91 Å². The molecule has 0 saturated heterocycles. The van der Waals surface area contributed by atoms with Gasteiger partial charge in [-0.1, -0.05) is 25.4 Å². The molecule has 3 rings (SSSR count). The van der Waals surface area contributed by atoms with Gasteiger partial charge in [0.15, 0.2) is 0 Å². The van der Waals surface area contributed by atoms with E-state index in [0.29, 0.717) is 33.1 Å². The van der Waals surface area contributed by atoms with Crippen LogP contribution in [0.3, 0.4) is 0 Å². The summed E-state index contributed by atoms with van der Waals surface area (Å²) in [5, 5.41) is 17.9. The van der Waals surface area contributed by atoms with Crippen LogP contribution in [-0.4, -0.2) is 45.3 Å². The first-order valence-corrected chi connectivity index (χ1v) is 9.77. The summed E-state index contributed by atoms with van der Waals surface area (Å²) in [6, 6.07) is 9.47. The molecule has 0 saturated carbocycles. The quantitative estimate of drug-likeness (QED) is 0.408. The molecule has 0 radical (unpaired) electrons. The number of nitrogens with zero attached hydrogens (tertiary/aromatic N) is 4. The standard InChI is InChI=1S/C20H21ClN6O3/c1-3-26(4-2)11-19(28)25-18-7-5-13(9-16(18)21)24-20-15-10-14(27(29)30)6-8-17(15)22-12-23-20/h5-10,12H,3-4,11H2,1-2H3,(H,25,28)(H,22,23,24). The Kier molecular flexibility index (Phi) is 6.76. The van der Waals surface area contributed by atoms with Crippen LogP contribution in [0.2, 0.25) is 5.02 Å². The van der Waals surface area contributed by atoms with Crippen LogP contribution in [0.4, 0.5) is 22.9 Å². The number of carbonyl (C=O) groups is 1. The molecule has 1 aromatic heterocycles. The van der Waals surface area contributed by atoms with Crippen molar-refractivity contribution in [3.05, 3.63) is 57.9 Å². The van der Waals surface area contributed by atoms with Gasteiger partial charge in [0.25, 0.3) is 5.69 Å². The van der Waals surface area contributed by atoms with Crippen molar-refractivity contribution < 1.29 is 9.72 Å². The van der Waals surface area contributed by atoms with Gasteiger partial charge in [0.1, 0.15) is 12.1 Å². The molecule has 0 aliphatic carbocycles. The maximum Gasteiger partial charge on any atom is 0.270 e. The summed E-state index contributed by atoms with van der Waals surface area (Å²) >= 11 is 6.34. The Labute approximate surface area is 178 Å². The summed E-state index contributed by atoms with van der Waals surface area (Å²) in [5.74, 6) is 0.272. The number of nitro groups is 1. The lowest BCUT2D eigenvalue weighted by molar-refractivity contribution is -0.384. The summed E-state index contributed by atoms with van der Waals surface area (Å²) in [5.41, 5.74) is 1.64. The molecule has 156 valence electrons. The molecule has 0 fully saturated rings. The van der Waals surface area contributed by atoms with Crippen molar-refractivity contribution in [3.63, 3.8) is 0 Å². The van der Waals surface area contributed by atoms with Crippen molar-refractivity contribution in [2.75, 3.05) is 30.3 Å². The first-order valence-electron chi connectivity index (χ1n) is 9.39. The number of nitrogens with one attached hydrogen (secondary N) is 2. The molecule has 0 aliphatic heterocycles. The predicted octanol–water partition coefficient (Wildman–Crippen LogP) is 4.22. The minimum Gasteiger partial charge on any atom is -0.340 e. The van der Waals surface area contributed by atoms with E-state index in [1.807, 2.05) is 18.7 Å². The fourth-order valence-electron chi connectivity index (χ4n) is 2.93. The molecule has 0 aliphatic rings. The lowest BCUT2D eigenvalue weighted by Gasteiger charge is -2.17. The third-order valence-electron chi connectivity index (χ3n) is 4.60. The highest BCUT2D eigenvalue weighted by Gasteiger charge is 2.13. The van der Waals surface area contributed by atoms with Crippen molar-refractivity contribution in [1.29, 1.82) is 0 Å². The van der Waals surface area contributed by atoms with Crippen molar-refractivity contribution in [1.82, 2.24) is 14.9 Å². The second kappa shape index (κ2) is 9.47. The third-order valence-corrected chi connectivity index (χ3v) is 4.91. The molecular weight excluding hydrogens is 408 g/mol.